The molecule has 0 aromatic carbocycles. The lowest BCUT2D eigenvalue weighted by Crippen LogP contribution is -1.75. The Morgan fingerprint density at radius 3 is 2.22 bits per heavy atom. The first-order valence-corrected chi connectivity index (χ1v) is 3.13. The number of halogens is 1. The van der Waals surface area contributed by atoms with Crippen molar-refractivity contribution in [2.24, 2.45) is 0 Å². The van der Waals surface area contributed by atoms with Crippen LogP contribution in [0.1, 0.15) is 0 Å². The molecule has 0 spiro atoms. The van der Waals surface area contributed by atoms with E-state index in [2.05, 4.69) is 29.1 Å². The third-order valence-corrected chi connectivity index (χ3v) is 0.924. The quantitative estimate of drug-likeness (QED) is 0.376. The van der Waals surface area contributed by atoms with E-state index in [1.54, 1.807) is 6.08 Å². The van der Waals surface area contributed by atoms with Crippen LogP contribution in [0.2, 0.25) is 0 Å². The Labute approximate surface area is 62.9 Å². The molecule has 0 bridgehead atoms. The van der Waals surface area contributed by atoms with Crippen molar-refractivity contribution < 1.29 is 4.79 Å². The second-order valence-corrected chi connectivity index (χ2v) is 2.43. The van der Waals surface area contributed by atoms with Gasteiger partial charge >= 0.3 is 0 Å². The van der Waals surface area contributed by atoms with E-state index < -0.39 is 0 Å². The highest BCUT2D eigenvalue weighted by Gasteiger charge is 1.85. The Morgan fingerprint density at radius 1 is 1.56 bits per heavy atom. The van der Waals surface area contributed by atoms with Crippen LogP contribution >= 0.6 is 15.9 Å². The van der Waals surface area contributed by atoms with Gasteiger partial charge in [-0.1, -0.05) is 35.2 Å². The Balaban J connectivity index is 4.24. The maximum atomic E-state index is 10.1. The van der Waals surface area contributed by atoms with Gasteiger partial charge in [-0.15, -0.1) is 0 Å². The molecule has 0 radical (unpaired) electrons. The molecule has 0 unspecified atom stereocenters. The molecule has 1 nitrogen and oxygen atoms in total. The van der Waals surface area contributed by atoms with Crippen molar-refractivity contribution in [1.82, 2.24) is 0 Å². The highest BCUT2D eigenvalue weighted by atomic mass is 79.9. The molecule has 0 atom stereocenters. The summed E-state index contributed by atoms with van der Waals surface area (Å²) in [6.07, 6.45) is 3.79. The number of hydrogen-bond donors (Lipinski definition) is 0. The normalized spacial score (nSPS) is 10.6. The highest BCUT2D eigenvalue weighted by Crippen LogP contribution is 2.05. The summed E-state index contributed by atoms with van der Waals surface area (Å²) in [5.74, 6) is 0. The molecular formula is C7H7BrO. The van der Waals surface area contributed by atoms with Crippen LogP contribution in [0.25, 0.3) is 0 Å². The van der Waals surface area contributed by atoms with Crippen LogP contribution in [0.5, 0.6) is 0 Å². The van der Waals surface area contributed by atoms with E-state index in [1.165, 1.54) is 6.08 Å². The summed E-state index contributed by atoms with van der Waals surface area (Å²) >= 11 is 3.08. The van der Waals surface area contributed by atoms with Crippen molar-refractivity contribution in [3.05, 3.63) is 35.4 Å². The van der Waals surface area contributed by atoms with Crippen molar-refractivity contribution in [3.8, 4) is 0 Å². The second kappa shape index (κ2) is 4.27. The molecule has 0 saturated carbocycles. The van der Waals surface area contributed by atoms with Gasteiger partial charge in [0.15, 0.2) is 0 Å². The first kappa shape index (κ1) is 8.37. The Bertz CT molecular complexity index is 158. The van der Waals surface area contributed by atoms with E-state index in [0.29, 0.717) is 10.1 Å². The van der Waals surface area contributed by atoms with Crippen LogP contribution in [0, 0.1) is 0 Å². The van der Waals surface area contributed by atoms with Crippen LogP contribution in [-0.2, 0) is 4.79 Å². The van der Waals surface area contributed by atoms with Gasteiger partial charge in [0.1, 0.15) is 6.29 Å². The van der Waals surface area contributed by atoms with E-state index >= 15 is 0 Å². The molecule has 0 heterocycles. The zero-order valence-corrected chi connectivity index (χ0v) is 6.52. The smallest absolute Gasteiger partial charge is 0.150 e. The van der Waals surface area contributed by atoms with Gasteiger partial charge in [0.25, 0.3) is 0 Å². The summed E-state index contributed by atoms with van der Waals surface area (Å²) in [7, 11) is 0. The van der Waals surface area contributed by atoms with Crippen LogP contribution in [-0.4, -0.2) is 6.29 Å². The van der Waals surface area contributed by atoms with Crippen LogP contribution in [0.15, 0.2) is 35.4 Å². The van der Waals surface area contributed by atoms with Crippen molar-refractivity contribution in [3.63, 3.8) is 0 Å². The summed E-state index contributed by atoms with van der Waals surface area (Å²) in [6.45, 7) is 6.95. The first-order chi connectivity index (χ1) is 4.20. The van der Waals surface area contributed by atoms with Crippen molar-refractivity contribution in [2.45, 2.75) is 0 Å². The zero-order valence-electron chi connectivity index (χ0n) is 4.93. The van der Waals surface area contributed by atoms with Gasteiger partial charge in [0, 0.05) is 10.1 Å². The average molecular weight is 187 g/mol. The minimum Gasteiger partial charge on any atom is -0.298 e. The third kappa shape index (κ3) is 3.91. The Kier molecular flexibility index (Phi) is 3.97. The fraction of sp³-hybridized carbons (Fsp3) is 0. The molecule has 0 aromatic rings. The van der Waals surface area contributed by atoms with Crippen molar-refractivity contribution >= 4 is 22.2 Å². The number of carbonyl (C=O) groups excluding carboxylic acids is 1. The topological polar surface area (TPSA) is 17.1 Å². The predicted octanol–water partition coefficient (Wildman–Crippen LogP) is 2.21. The van der Waals surface area contributed by atoms with E-state index in [1.807, 2.05) is 0 Å². The Morgan fingerprint density at radius 2 is 2.11 bits per heavy atom. The molecular weight excluding hydrogens is 180 g/mol. The third-order valence-electron chi connectivity index (χ3n) is 0.695. The molecule has 0 aliphatic carbocycles. The van der Waals surface area contributed by atoms with E-state index in [-0.39, 0.29) is 0 Å². The number of aldehydes is 1. The lowest BCUT2D eigenvalue weighted by Gasteiger charge is -1.85. The minimum atomic E-state index is 0.525. The van der Waals surface area contributed by atoms with Gasteiger partial charge < -0.3 is 0 Å². The Hall–Kier alpha value is -0.630. The number of carbonyl (C=O) groups is 1. The summed E-state index contributed by atoms with van der Waals surface area (Å²) in [6, 6.07) is 0. The largest absolute Gasteiger partial charge is 0.298 e. The number of allylic oxidation sites excluding steroid dienone is 4. The summed E-state index contributed by atoms with van der Waals surface area (Å²) in [5.41, 5.74) is 0.525. The first-order valence-electron chi connectivity index (χ1n) is 2.34. The maximum Gasteiger partial charge on any atom is 0.150 e. The van der Waals surface area contributed by atoms with Gasteiger partial charge in [-0.25, -0.2) is 0 Å². The van der Waals surface area contributed by atoms with Crippen LogP contribution in [0.3, 0.4) is 0 Å². The lowest BCUT2D eigenvalue weighted by atomic mass is 10.3. The fourth-order valence-electron chi connectivity index (χ4n) is 0.322. The van der Waals surface area contributed by atoms with Gasteiger partial charge in [-0.05, 0) is 6.08 Å². The molecule has 0 aliphatic rings. The van der Waals surface area contributed by atoms with Gasteiger partial charge in [-0.2, -0.15) is 0 Å². The number of hydrogen-bond acceptors (Lipinski definition) is 1. The van der Waals surface area contributed by atoms with Crippen LogP contribution in [0.4, 0.5) is 0 Å². The standard InChI is InChI=1S/C7H7BrO/c1-3-7(5-9)4-6(2)8/h3-5H,1-2H2. The van der Waals surface area contributed by atoms with E-state index in [4.69, 9.17) is 0 Å². The van der Waals surface area contributed by atoms with Gasteiger partial charge in [-0.3, -0.25) is 4.79 Å². The molecule has 48 valence electrons. The monoisotopic (exact) mass is 186 g/mol. The van der Waals surface area contributed by atoms with Crippen LogP contribution < -0.4 is 0 Å². The zero-order chi connectivity index (χ0) is 7.28. The van der Waals surface area contributed by atoms with E-state index in [0.717, 1.165) is 6.29 Å². The summed E-state index contributed by atoms with van der Waals surface area (Å²) < 4.78 is 0.671. The van der Waals surface area contributed by atoms with Gasteiger partial charge in [0.05, 0.1) is 0 Å². The second-order valence-electron chi connectivity index (χ2n) is 1.41. The molecule has 2 heteroatoms. The average Bonchev–Trinajstić information content (AvgIpc) is 1.82. The van der Waals surface area contributed by atoms with Crippen molar-refractivity contribution in [1.29, 1.82) is 0 Å². The lowest BCUT2D eigenvalue weighted by molar-refractivity contribution is -0.104. The highest BCUT2D eigenvalue weighted by molar-refractivity contribution is 9.11. The predicted molar refractivity (Wildman–Crippen MR) is 42.4 cm³/mol. The molecule has 0 saturated heterocycles. The van der Waals surface area contributed by atoms with Gasteiger partial charge in [0.2, 0.25) is 0 Å². The minimum absolute atomic E-state index is 0.525. The SMILES string of the molecule is C=CC(C=O)=CC(=C)Br. The molecule has 0 rings (SSSR count). The molecule has 0 fully saturated rings. The van der Waals surface area contributed by atoms with E-state index in [9.17, 15) is 4.79 Å². The summed E-state index contributed by atoms with van der Waals surface area (Å²) in [4.78, 5) is 10.1. The van der Waals surface area contributed by atoms with Crippen molar-refractivity contribution in [2.75, 3.05) is 0 Å². The molecule has 0 aliphatic heterocycles. The fourth-order valence-corrected chi connectivity index (χ4v) is 0.586. The molecule has 0 aromatic heterocycles. The summed E-state index contributed by atoms with van der Waals surface area (Å²) in [5, 5.41) is 0. The number of rotatable bonds is 3. The maximum absolute atomic E-state index is 10.1. The molecule has 9 heavy (non-hydrogen) atoms. The molecule has 0 amide bonds. The molecule has 0 N–H and O–H groups in total.